The van der Waals surface area contributed by atoms with E-state index in [4.69, 9.17) is 0 Å². The molecule has 0 aromatic heterocycles. The Labute approximate surface area is 95.3 Å². The van der Waals surface area contributed by atoms with Gasteiger partial charge in [-0.25, -0.2) is 0 Å². The van der Waals surface area contributed by atoms with Gasteiger partial charge in [0.25, 0.3) is 0 Å². The minimum Gasteiger partial charge on any atom is -0.274 e. The molecule has 0 N–H and O–H groups in total. The third-order valence-electron chi connectivity index (χ3n) is 2.53. The maximum Gasteiger partial charge on any atom is 0.00830 e. The van der Waals surface area contributed by atoms with Crippen molar-refractivity contribution in [2.45, 2.75) is 39.8 Å². The highest BCUT2D eigenvalue weighted by Crippen LogP contribution is 2.38. The molecule has 0 heterocycles. The molecule has 0 aliphatic carbocycles. The van der Waals surface area contributed by atoms with Gasteiger partial charge in [0, 0.05) is 12.1 Å². The first-order valence-electron chi connectivity index (χ1n) is 5.61. The van der Waals surface area contributed by atoms with E-state index in [0.29, 0.717) is 12.1 Å². The van der Waals surface area contributed by atoms with Crippen LogP contribution in [-0.4, -0.2) is 23.4 Å². The highest BCUT2D eigenvalue weighted by molar-refractivity contribution is 7.62. The zero-order valence-corrected chi connectivity index (χ0v) is 11.3. The summed E-state index contributed by atoms with van der Waals surface area (Å²) in [4.78, 5) is 0. The number of hydrogen-bond acceptors (Lipinski definition) is 1. The molecule has 0 saturated carbocycles. The summed E-state index contributed by atoms with van der Waals surface area (Å²) in [6.07, 6.45) is 0. The maximum atomic E-state index is 2.60. The second kappa shape index (κ2) is 5.63. The Morgan fingerprint density at radius 2 is 1.40 bits per heavy atom. The van der Waals surface area contributed by atoms with E-state index in [1.54, 1.807) is 0 Å². The first kappa shape index (κ1) is 12.7. The molecule has 0 fully saturated rings. The van der Waals surface area contributed by atoms with Gasteiger partial charge in [0.15, 0.2) is 0 Å². The molecular weight excluding hydrogens is 201 g/mol. The molecule has 1 aromatic carbocycles. The molecule has 0 aliphatic rings. The topological polar surface area (TPSA) is 3.24 Å². The van der Waals surface area contributed by atoms with Crippen molar-refractivity contribution in [1.29, 1.82) is 0 Å². The molecule has 0 aliphatic heterocycles. The fourth-order valence-corrected chi connectivity index (χ4v) is 4.32. The number of benzene rings is 1. The quantitative estimate of drug-likeness (QED) is 0.707. The van der Waals surface area contributed by atoms with E-state index in [1.165, 1.54) is 5.30 Å². The molecule has 84 valence electrons. The van der Waals surface area contributed by atoms with E-state index < -0.39 is 0 Å². The lowest BCUT2D eigenvalue weighted by atomic mass is 10.3. The molecule has 0 amide bonds. The Balaban J connectivity index is 2.86. The molecule has 0 bridgehead atoms. The smallest absolute Gasteiger partial charge is 0.00830 e. The van der Waals surface area contributed by atoms with Crippen LogP contribution in [0.3, 0.4) is 0 Å². The van der Waals surface area contributed by atoms with Crippen LogP contribution in [0.15, 0.2) is 30.3 Å². The van der Waals surface area contributed by atoms with Crippen molar-refractivity contribution in [3.63, 3.8) is 0 Å². The van der Waals surface area contributed by atoms with Crippen molar-refractivity contribution in [1.82, 2.24) is 4.67 Å². The summed E-state index contributed by atoms with van der Waals surface area (Å²) in [5, 5.41) is 1.47. The van der Waals surface area contributed by atoms with Crippen LogP contribution in [0.5, 0.6) is 0 Å². The van der Waals surface area contributed by atoms with Crippen molar-refractivity contribution in [3.8, 4) is 0 Å². The summed E-state index contributed by atoms with van der Waals surface area (Å²) < 4.78 is 2.60. The van der Waals surface area contributed by atoms with Gasteiger partial charge in [-0.05, 0) is 47.7 Å². The van der Waals surface area contributed by atoms with E-state index in [9.17, 15) is 0 Å². The minimum atomic E-state index is -0.185. The highest BCUT2D eigenvalue weighted by Gasteiger charge is 2.20. The summed E-state index contributed by atoms with van der Waals surface area (Å²) in [5.74, 6) is 0. The predicted octanol–water partition coefficient (Wildman–Crippen LogP) is 3.46. The predicted molar refractivity (Wildman–Crippen MR) is 71.0 cm³/mol. The normalized spacial score (nSPS) is 13.9. The molecule has 1 atom stereocenters. The Bertz CT molecular complexity index is 274. The molecule has 1 rings (SSSR count). The average Bonchev–Trinajstić information content (AvgIpc) is 2.18. The van der Waals surface area contributed by atoms with Gasteiger partial charge in [0.2, 0.25) is 0 Å². The molecular formula is C13H22NP. The SMILES string of the molecule is CC(C)N(C(C)C)P(C)c1ccccc1. The molecule has 15 heavy (non-hydrogen) atoms. The largest absolute Gasteiger partial charge is 0.274 e. The van der Waals surface area contributed by atoms with Crippen LogP contribution < -0.4 is 5.30 Å². The zero-order valence-electron chi connectivity index (χ0n) is 10.4. The summed E-state index contributed by atoms with van der Waals surface area (Å²) in [6.45, 7) is 11.5. The van der Waals surface area contributed by atoms with Crippen molar-refractivity contribution in [3.05, 3.63) is 30.3 Å². The number of nitrogens with zero attached hydrogens (tertiary/aromatic N) is 1. The van der Waals surface area contributed by atoms with Gasteiger partial charge < -0.3 is 0 Å². The summed E-state index contributed by atoms with van der Waals surface area (Å²) in [6, 6.07) is 12.1. The van der Waals surface area contributed by atoms with Crippen molar-refractivity contribution in [2.24, 2.45) is 0 Å². The van der Waals surface area contributed by atoms with Crippen LogP contribution in [0, 0.1) is 0 Å². The van der Waals surface area contributed by atoms with E-state index in [-0.39, 0.29) is 8.07 Å². The van der Waals surface area contributed by atoms with Crippen molar-refractivity contribution in [2.75, 3.05) is 6.66 Å². The van der Waals surface area contributed by atoms with Crippen molar-refractivity contribution < 1.29 is 0 Å². The van der Waals surface area contributed by atoms with Gasteiger partial charge in [0.1, 0.15) is 0 Å². The van der Waals surface area contributed by atoms with Crippen LogP contribution in [0.25, 0.3) is 0 Å². The summed E-state index contributed by atoms with van der Waals surface area (Å²) in [5.41, 5.74) is 0. The lowest BCUT2D eigenvalue weighted by Gasteiger charge is -2.36. The van der Waals surface area contributed by atoms with Gasteiger partial charge >= 0.3 is 0 Å². The first-order valence-corrected chi connectivity index (χ1v) is 7.35. The Kier molecular flexibility index (Phi) is 4.76. The molecule has 0 radical (unpaired) electrons. The fourth-order valence-electron chi connectivity index (χ4n) is 2.07. The van der Waals surface area contributed by atoms with Gasteiger partial charge in [0.05, 0.1) is 0 Å². The second-order valence-electron chi connectivity index (χ2n) is 4.43. The molecule has 1 nitrogen and oxygen atoms in total. The Morgan fingerprint density at radius 3 is 1.80 bits per heavy atom. The van der Waals surface area contributed by atoms with Crippen LogP contribution in [0.1, 0.15) is 27.7 Å². The van der Waals surface area contributed by atoms with E-state index in [0.717, 1.165) is 0 Å². The molecule has 0 spiro atoms. The van der Waals surface area contributed by atoms with Crippen LogP contribution in [-0.2, 0) is 0 Å². The van der Waals surface area contributed by atoms with E-state index in [2.05, 4.69) is 69.4 Å². The van der Waals surface area contributed by atoms with E-state index in [1.807, 2.05) is 0 Å². The minimum absolute atomic E-state index is 0.185. The van der Waals surface area contributed by atoms with Gasteiger partial charge in [-0.1, -0.05) is 30.3 Å². The number of rotatable bonds is 4. The lowest BCUT2D eigenvalue weighted by Crippen LogP contribution is -2.34. The molecule has 0 saturated heterocycles. The molecule has 1 unspecified atom stereocenters. The summed E-state index contributed by atoms with van der Waals surface area (Å²) >= 11 is 0. The third-order valence-corrected chi connectivity index (χ3v) is 5.20. The summed E-state index contributed by atoms with van der Waals surface area (Å²) in [7, 11) is -0.185. The molecule has 2 heteroatoms. The third kappa shape index (κ3) is 3.29. The van der Waals surface area contributed by atoms with Crippen LogP contribution in [0.2, 0.25) is 0 Å². The Morgan fingerprint density at radius 1 is 0.933 bits per heavy atom. The maximum absolute atomic E-state index is 2.60. The molecule has 1 aromatic rings. The number of hydrogen-bond donors (Lipinski definition) is 0. The lowest BCUT2D eigenvalue weighted by molar-refractivity contribution is 0.326. The van der Waals surface area contributed by atoms with E-state index >= 15 is 0 Å². The average molecular weight is 223 g/mol. The van der Waals surface area contributed by atoms with Crippen LogP contribution in [0.4, 0.5) is 0 Å². The first-order chi connectivity index (χ1) is 7.04. The Hall–Kier alpha value is -0.390. The standard InChI is InChI=1S/C13H22NP/c1-11(2)14(12(3)4)15(5)13-9-7-6-8-10-13/h6-12H,1-5H3. The van der Waals surface area contributed by atoms with Gasteiger partial charge in [-0.3, -0.25) is 4.67 Å². The van der Waals surface area contributed by atoms with Gasteiger partial charge in [-0.2, -0.15) is 0 Å². The van der Waals surface area contributed by atoms with Crippen LogP contribution >= 0.6 is 8.07 Å². The highest BCUT2D eigenvalue weighted by atomic mass is 31.1. The van der Waals surface area contributed by atoms with Crippen molar-refractivity contribution >= 4 is 13.4 Å². The fraction of sp³-hybridized carbons (Fsp3) is 0.538. The zero-order chi connectivity index (χ0) is 11.4. The van der Waals surface area contributed by atoms with Gasteiger partial charge in [-0.15, -0.1) is 0 Å². The second-order valence-corrected chi connectivity index (χ2v) is 6.45. The monoisotopic (exact) mass is 223 g/mol.